The number of hydrogen-bond donors (Lipinski definition) is 1. The molecule has 1 nitrogen and oxygen atoms in total. The fraction of sp³-hybridized carbons (Fsp3) is 0.455. The Bertz CT molecular complexity index is 340. The highest BCUT2D eigenvalue weighted by molar-refractivity contribution is 7.98. The van der Waals surface area contributed by atoms with Gasteiger partial charge < -0.3 is 5.73 Å². The second-order valence-corrected chi connectivity index (χ2v) is 4.86. The molecule has 0 aromatic heterocycles. The molecule has 1 aromatic carbocycles. The van der Waals surface area contributed by atoms with Crippen LogP contribution in [0.15, 0.2) is 18.2 Å². The van der Waals surface area contributed by atoms with Crippen LogP contribution in [0.4, 0.5) is 4.39 Å². The Morgan fingerprint density at radius 3 is 3.07 bits per heavy atom. The maximum absolute atomic E-state index is 13.5. The van der Waals surface area contributed by atoms with Crippen LogP contribution < -0.4 is 5.73 Å². The maximum Gasteiger partial charge on any atom is 0.127 e. The van der Waals surface area contributed by atoms with Gasteiger partial charge >= 0.3 is 0 Å². The molecule has 1 aromatic rings. The predicted molar refractivity (Wildman–Crippen MR) is 58.7 cm³/mol. The molecule has 1 aliphatic rings. The normalized spacial score (nSPS) is 26.8. The molecule has 1 heterocycles. The number of nitrogens with two attached hydrogens (primary N) is 1. The van der Waals surface area contributed by atoms with Gasteiger partial charge in [0.1, 0.15) is 5.82 Å². The molecule has 2 unspecified atom stereocenters. The standard InChI is InChI=1S/C11H14FNS/c1-7-5-14-6-9-8(11(7)13)3-2-4-10(9)12/h2-4,7,11H,5-6,13H2,1H3. The van der Waals surface area contributed by atoms with Crippen LogP contribution in [-0.4, -0.2) is 5.75 Å². The van der Waals surface area contributed by atoms with Crippen LogP contribution in [0.3, 0.4) is 0 Å². The number of thioether (sulfide) groups is 1. The van der Waals surface area contributed by atoms with E-state index in [0.29, 0.717) is 5.92 Å². The largest absolute Gasteiger partial charge is 0.324 e. The minimum absolute atomic E-state index is 0.0179. The van der Waals surface area contributed by atoms with Gasteiger partial charge in [0, 0.05) is 17.4 Å². The Labute approximate surface area is 87.9 Å². The maximum atomic E-state index is 13.5. The van der Waals surface area contributed by atoms with Crippen molar-refractivity contribution in [3.63, 3.8) is 0 Å². The summed E-state index contributed by atoms with van der Waals surface area (Å²) in [5.74, 6) is 2.07. The topological polar surface area (TPSA) is 26.0 Å². The van der Waals surface area contributed by atoms with Gasteiger partial charge in [-0.3, -0.25) is 0 Å². The van der Waals surface area contributed by atoms with E-state index in [1.54, 1.807) is 17.8 Å². The molecule has 0 amide bonds. The van der Waals surface area contributed by atoms with Crippen LogP contribution in [0.2, 0.25) is 0 Å². The van der Waals surface area contributed by atoms with Crippen molar-refractivity contribution in [2.75, 3.05) is 5.75 Å². The first kappa shape index (κ1) is 9.99. The van der Waals surface area contributed by atoms with Crippen LogP contribution >= 0.6 is 11.8 Å². The lowest BCUT2D eigenvalue weighted by atomic mass is 9.93. The lowest BCUT2D eigenvalue weighted by molar-refractivity contribution is 0.518. The van der Waals surface area contributed by atoms with E-state index < -0.39 is 0 Å². The Morgan fingerprint density at radius 2 is 2.29 bits per heavy atom. The zero-order valence-electron chi connectivity index (χ0n) is 8.16. The lowest BCUT2D eigenvalue weighted by Gasteiger charge is -2.18. The molecule has 76 valence electrons. The molecule has 0 saturated heterocycles. The number of halogens is 1. The monoisotopic (exact) mass is 211 g/mol. The van der Waals surface area contributed by atoms with Gasteiger partial charge in [0.05, 0.1) is 0 Å². The molecule has 2 N–H and O–H groups in total. The summed E-state index contributed by atoms with van der Waals surface area (Å²) >= 11 is 1.76. The first-order chi connectivity index (χ1) is 6.70. The predicted octanol–water partition coefficient (Wildman–Crippen LogP) is 2.71. The van der Waals surface area contributed by atoms with E-state index in [1.807, 2.05) is 6.07 Å². The van der Waals surface area contributed by atoms with Gasteiger partial charge in [-0.05, 0) is 23.3 Å². The third-order valence-electron chi connectivity index (χ3n) is 2.75. The Balaban J connectivity index is 2.48. The fourth-order valence-electron chi connectivity index (χ4n) is 1.80. The summed E-state index contributed by atoms with van der Waals surface area (Å²) in [4.78, 5) is 0. The van der Waals surface area contributed by atoms with Gasteiger partial charge in [-0.25, -0.2) is 4.39 Å². The number of fused-ring (bicyclic) bond motifs is 1. The van der Waals surface area contributed by atoms with Crippen molar-refractivity contribution in [2.24, 2.45) is 11.7 Å². The molecule has 3 heteroatoms. The molecule has 0 spiro atoms. The summed E-state index contributed by atoms with van der Waals surface area (Å²) in [6.45, 7) is 2.12. The molecule has 0 aliphatic carbocycles. The molecule has 0 fully saturated rings. The van der Waals surface area contributed by atoms with Crippen molar-refractivity contribution in [3.05, 3.63) is 35.1 Å². The van der Waals surface area contributed by atoms with Crippen molar-refractivity contribution >= 4 is 11.8 Å². The average Bonchev–Trinajstić information content (AvgIpc) is 2.31. The molecule has 2 rings (SSSR count). The van der Waals surface area contributed by atoms with E-state index in [1.165, 1.54) is 6.07 Å². The Hall–Kier alpha value is -0.540. The average molecular weight is 211 g/mol. The lowest BCUT2D eigenvalue weighted by Crippen LogP contribution is -2.20. The van der Waals surface area contributed by atoms with Crippen molar-refractivity contribution in [3.8, 4) is 0 Å². The van der Waals surface area contributed by atoms with Gasteiger partial charge in [-0.15, -0.1) is 0 Å². The van der Waals surface area contributed by atoms with E-state index in [-0.39, 0.29) is 11.9 Å². The highest BCUT2D eigenvalue weighted by Gasteiger charge is 2.23. The summed E-state index contributed by atoms with van der Waals surface area (Å²) in [5, 5.41) is 0. The Kier molecular flexibility index (Phi) is 2.79. The minimum Gasteiger partial charge on any atom is -0.324 e. The van der Waals surface area contributed by atoms with Crippen LogP contribution in [0, 0.1) is 11.7 Å². The van der Waals surface area contributed by atoms with Gasteiger partial charge in [-0.1, -0.05) is 19.1 Å². The van der Waals surface area contributed by atoms with Gasteiger partial charge in [0.15, 0.2) is 0 Å². The zero-order valence-corrected chi connectivity index (χ0v) is 8.98. The zero-order chi connectivity index (χ0) is 10.1. The quantitative estimate of drug-likeness (QED) is 0.714. The van der Waals surface area contributed by atoms with Gasteiger partial charge in [-0.2, -0.15) is 11.8 Å². The molecular weight excluding hydrogens is 197 g/mol. The highest BCUT2D eigenvalue weighted by atomic mass is 32.2. The number of rotatable bonds is 0. The number of benzene rings is 1. The van der Waals surface area contributed by atoms with Crippen LogP contribution in [0.25, 0.3) is 0 Å². The molecule has 2 atom stereocenters. The van der Waals surface area contributed by atoms with Crippen LogP contribution in [-0.2, 0) is 5.75 Å². The molecule has 0 radical (unpaired) electrons. The molecule has 1 aliphatic heterocycles. The van der Waals surface area contributed by atoms with Crippen molar-refractivity contribution in [1.82, 2.24) is 0 Å². The van der Waals surface area contributed by atoms with E-state index in [2.05, 4.69) is 6.92 Å². The van der Waals surface area contributed by atoms with Crippen molar-refractivity contribution in [1.29, 1.82) is 0 Å². The van der Waals surface area contributed by atoms with E-state index in [4.69, 9.17) is 5.73 Å². The van der Waals surface area contributed by atoms with Gasteiger partial charge in [0.2, 0.25) is 0 Å². The molecule has 0 saturated carbocycles. The Morgan fingerprint density at radius 1 is 1.50 bits per heavy atom. The van der Waals surface area contributed by atoms with Crippen LogP contribution in [0.1, 0.15) is 24.1 Å². The summed E-state index contributed by atoms with van der Waals surface area (Å²) in [7, 11) is 0. The van der Waals surface area contributed by atoms with Crippen LogP contribution in [0.5, 0.6) is 0 Å². The van der Waals surface area contributed by atoms with Crippen molar-refractivity contribution < 1.29 is 4.39 Å². The van der Waals surface area contributed by atoms with E-state index in [0.717, 1.165) is 22.6 Å². The third-order valence-corrected chi connectivity index (χ3v) is 4.01. The van der Waals surface area contributed by atoms with E-state index >= 15 is 0 Å². The third kappa shape index (κ3) is 1.66. The van der Waals surface area contributed by atoms with E-state index in [9.17, 15) is 4.39 Å². The summed E-state index contributed by atoms with van der Waals surface area (Å²) in [6, 6.07) is 5.19. The fourth-order valence-corrected chi connectivity index (χ4v) is 3.00. The van der Waals surface area contributed by atoms with Gasteiger partial charge in [0.25, 0.3) is 0 Å². The highest BCUT2D eigenvalue weighted by Crippen LogP contribution is 2.33. The molecule has 14 heavy (non-hydrogen) atoms. The molecular formula is C11H14FNS. The minimum atomic E-state index is -0.112. The smallest absolute Gasteiger partial charge is 0.127 e. The molecule has 0 bridgehead atoms. The SMILES string of the molecule is CC1CSCc2c(F)cccc2C1N. The second-order valence-electron chi connectivity index (χ2n) is 3.83. The summed E-state index contributed by atoms with van der Waals surface area (Å²) < 4.78 is 13.5. The second kappa shape index (κ2) is 3.91. The summed E-state index contributed by atoms with van der Waals surface area (Å²) in [5.41, 5.74) is 7.87. The first-order valence-electron chi connectivity index (χ1n) is 4.80. The summed E-state index contributed by atoms with van der Waals surface area (Å²) in [6.07, 6.45) is 0. The number of hydrogen-bond acceptors (Lipinski definition) is 2. The first-order valence-corrected chi connectivity index (χ1v) is 5.96. The van der Waals surface area contributed by atoms with Crippen molar-refractivity contribution in [2.45, 2.75) is 18.7 Å².